The Morgan fingerprint density at radius 1 is 1.08 bits per heavy atom. The van der Waals surface area contributed by atoms with E-state index in [1.807, 2.05) is 0 Å². The number of piperazine rings is 1. The number of aryl methyl sites for hydroxylation is 1. The number of alkyl halides is 3. The van der Waals surface area contributed by atoms with E-state index < -0.39 is 40.5 Å². The van der Waals surface area contributed by atoms with Crippen LogP contribution in [-0.4, -0.2) is 66.1 Å². The van der Waals surface area contributed by atoms with E-state index in [9.17, 15) is 26.4 Å². The number of anilines is 1. The second-order valence-electron chi connectivity index (χ2n) is 9.80. The molecule has 4 rings (SSSR count). The van der Waals surface area contributed by atoms with Crippen LogP contribution in [0.25, 0.3) is 10.9 Å². The molecule has 0 radical (unpaired) electrons. The number of carbonyl (C=O) groups is 1. The minimum atomic E-state index is -4.77. The van der Waals surface area contributed by atoms with Crippen molar-refractivity contribution in [3.8, 4) is 0 Å². The summed E-state index contributed by atoms with van der Waals surface area (Å²) in [5.41, 5.74) is -0.00290. The molecule has 1 aromatic heterocycles. The second kappa shape index (κ2) is 9.39. The largest absolute Gasteiger partial charge is 0.444 e. The maximum atomic E-state index is 14.3. The molecule has 2 heterocycles. The Balaban J connectivity index is 1.81. The van der Waals surface area contributed by atoms with Gasteiger partial charge in [0.2, 0.25) is 0 Å². The molecule has 1 fully saturated rings. The second-order valence-corrected chi connectivity index (χ2v) is 12.0. The van der Waals surface area contributed by atoms with E-state index in [0.29, 0.717) is 4.09 Å². The van der Waals surface area contributed by atoms with Crippen LogP contribution in [0.1, 0.15) is 26.3 Å². The molecule has 1 atom stereocenters. The van der Waals surface area contributed by atoms with Gasteiger partial charge in [0.05, 0.1) is 27.4 Å². The third-order valence-electron chi connectivity index (χ3n) is 5.84. The van der Waals surface area contributed by atoms with Crippen molar-refractivity contribution in [1.29, 1.82) is 0 Å². The van der Waals surface area contributed by atoms with Gasteiger partial charge in [0.15, 0.2) is 5.82 Å². The number of nitrogens with zero attached hydrogens (tertiary/aromatic N) is 4. The number of amides is 1. The molecule has 0 bridgehead atoms. The molecule has 0 N–H and O–H groups in total. The highest BCUT2D eigenvalue weighted by Gasteiger charge is 2.49. The molecule has 13 heteroatoms. The lowest BCUT2D eigenvalue weighted by Gasteiger charge is -2.42. The Bertz CT molecular complexity index is 1430. The predicted molar refractivity (Wildman–Crippen MR) is 134 cm³/mol. The average Bonchev–Trinajstić information content (AvgIpc) is 3.19. The van der Waals surface area contributed by atoms with Gasteiger partial charge in [0.25, 0.3) is 10.0 Å². The van der Waals surface area contributed by atoms with E-state index in [1.54, 1.807) is 39.8 Å². The predicted octanol–water partition coefficient (Wildman–Crippen LogP) is 5.22. The van der Waals surface area contributed by atoms with Crippen molar-refractivity contribution < 1.29 is 31.1 Å². The molecule has 1 aliphatic rings. The van der Waals surface area contributed by atoms with Crippen molar-refractivity contribution in [3.63, 3.8) is 0 Å². The summed E-state index contributed by atoms with van der Waals surface area (Å²) in [5, 5.41) is 4.29. The molecule has 37 heavy (non-hydrogen) atoms. The topological polar surface area (TPSA) is 84.7 Å². The first-order valence-electron chi connectivity index (χ1n) is 11.4. The molecular weight excluding hydrogens is 533 g/mol. The van der Waals surface area contributed by atoms with Crippen LogP contribution in [0, 0.1) is 6.92 Å². The third kappa shape index (κ3) is 5.35. The maximum Gasteiger partial charge on any atom is 0.410 e. The van der Waals surface area contributed by atoms with E-state index >= 15 is 0 Å². The lowest BCUT2D eigenvalue weighted by molar-refractivity contribution is -0.155. The van der Waals surface area contributed by atoms with Gasteiger partial charge in [-0.2, -0.15) is 25.7 Å². The van der Waals surface area contributed by atoms with Gasteiger partial charge in [-0.15, -0.1) is 5.10 Å². The molecule has 2 aromatic carbocycles. The Morgan fingerprint density at radius 3 is 2.32 bits per heavy atom. The fraction of sp³-hybridized carbons (Fsp3) is 0.417. The van der Waals surface area contributed by atoms with Gasteiger partial charge in [0.1, 0.15) is 11.6 Å². The summed E-state index contributed by atoms with van der Waals surface area (Å²) in [4.78, 5) is 14.4. The first-order chi connectivity index (χ1) is 17.1. The Labute approximate surface area is 217 Å². The number of carbonyl (C=O) groups excluding carboxylic acids is 1. The minimum absolute atomic E-state index is 0.0403. The molecule has 1 amide bonds. The lowest BCUT2D eigenvalue weighted by atomic mass is 10.1. The highest BCUT2D eigenvalue weighted by molar-refractivity contribution is 7.90. The fourth-order valence-electron chi connectivity index (χ4n) is 4.09. The van der Waals surface area contributed by atoms with Crippen LogP contribution in [0.5, 0.6) is 0 Å². The summed E-state index contributed by atoms with van der Waals surface area (Å²) in [6.07, 6.45) is -5.63. The van der Waals surface area contributed by atoms with Gasteiger partial charge in [-0.25, -0.2) is 4.79 Å². The summed E-state index contributed by atoms with van der Waals surface area (Å²) in [5.74, 6) is -0.234. The number of halogens is 4. The molecule has 200 valence electrons. The van der Waals surface area contributed by atoms with Gasteiger partial charge in [0, 0.05) is 13.1 Å². The summed E-state index contributed by atoms with van der Waals surface area (Å²) >= 11 is 6.38. The van der Waals surface area contributed by atoms with Crippen molar-refractivity contribution in [2.45, 2.75) is 50.4 Å². The van der Waals surface area contributed by atoms with Crippen molar-refractivity contribution in [1.82, 2.24) is 14.1 Å². The number of rotatable bonds is 3. The van der Waals surface area contributed by atoms with Crippen LogP contribution in [-0.2, 0) is 14.8 Å². The van der Waals surface area contributed by atoms with Crippen molar-refractivity contribution in [3.05, 3.63) is 53.1 Å². The van der Waals surface area contributed by atoms with Gasteiger partial charge in [-0.1, -0.05) is 35.4 Å². The molecular formula is C24H26ClF3N4O4S. The number of ether oxygens (including phenoxy) is 1. The van der Waals surface area contributed by atoms with Gasteiger partial charge in [-0.3, -0.25) is 0 Å². The molecule has 1 unspecified atom stereocenters. The fourth-order valence-corrected chi connectivity index (χ4v) is 5.62. The summed E-state index contributed by atoms with van der Waals surface area (Å²) in [6.45, 7) is 5.58. The van der Waals surface area contributed by atoms with Crippen molar-refractivity contribution >= 4 is 44.4 Å². The zero-order chi connectivity index (χ0) is 27.3. The number of hydrogen-bond donors (Lipinski definition) is 0. The van der Waals surface area contributed by atoms with Crippen molar-refractivity contribution in [2.24, 2.45) is 0 Å². The molecule has 3 aromatic rings. The normalized spacial score (nSPS) is 17.4. The zero-order valence-electron chi connectivity index (χ0n) is 20.6. The number of aromatic nitrogens is 2. The number of fused-ring (bicyclic) bond motifs is 1. The minimum Gasteiger partial charge on any atom is -0.444 e. The monoisotopic (exact) mass is 558 g/mol. The zero-order valence-corrected chi connectivity index (χ0v) is 22.2. The lowest BCUT2D eigenvalue weighted by Crippen LogP contribution is -2.61. The van der Waals surface area contributed by atoms with E-state index in [-0.39, 0.29) is 39.7 Å². The summed E-state index contributed by atoms with van der Waals surface area (Å²) < 4.78 is 75.8. The molecule has 1 aliphatic heterocycles. The Morgan fingerprint density at radius 2 is 1.73 bits per heavy atom. The van der Waals surface area contributed by atoms with Crippen LogP contribution in [0.15, 0.2) is 47.4 Å². The highest BCUT2D eigenvalue weighted by atomic mass is 35.5. The quantitative estimate of drug-likeness (QED) is 0.438. The number of benzene rings is 2. The van der Waals surface area contributed by atoms with Gasteiger partial charge in [-0.05, 0) is 52.0 Å². The van der Waals surface area contributed by atoms with E-state index in [1.165, 1.54) is 30.3 Å². The standard InChI is InChI=1S/C24H26ClF3N4O4S/c1-15-8-10-16(11-9-15)37(34,35)32-18-7-5-6-17(25)20(18)21(29-32)31-13-12-30(14-19(31)24(26,27)28)22(33)36-23(2,3)4/h5-11,19H,12-14H2,1-4H3. The smallest absolute Gasteiger partial charge is 0.410 e. The van der Waals surface area contributed by atoms with Crippen LogP contribution in [0.3, 0.4) is 0 Å². The highest BCUT2D eigenvalue weighted by Crippen LogP contribution is 2.39. The average molecular weight is 559 g/mol. The van der Waals surface area contributed by atoms with Crippen LogP contribution in [0.4, 0.5) is 23.8 Å². The summed E-state index contributed by atoms with van der Waals surface area (Å²) in [7, 11) is -4.26. The Kier molecular flexibility index (Phi) is 6.87. The molecule has 8 nitrogen and oxygen atoms in total. The van der Waals surface area contributed by atoms with Gasteiger partial charge >= 0.3 is 12.3 Å². The number of hydrogen-bond acceptors (Lipinski definition) is 6. The molecule has 0 aliphatic carbocycles. The summed E-state index contributed by atoms with van der Waals surface area (Å²) in [6, 6.07) is 8.25. The molecule has 0 spiro atoms. The van der Waals surface area contributed by atoms with E-state index in [2.05, 4.69) is 5.10 Å². The van der Waals surface area contributed by atoms with Crippen LogP contribution >= 0.6 is 11.6 Å². The van der Waals surface area contributed by atoms with Gasteiger partial charge < -0.3 is 14.5 Å². The van der Waals surface area contributed by atoms with E-state index in [4.69, 9.17) is 16.3 Å². The maximum absolute atomic E-state index is 14.3. The first kappa shape index (κ1) is 27.1. The van der Waals surface area contributed by atoms with E-state index in [0.717, 1.165) is 15.4 Å². The Hall–Kier alpha value is -2.99. The van der Waals surface area contributed by atoms with Crippen LogP contribution < -0.4 is 4.90 Å². The third-order valence-corrected chi connectivity index (χ3v) is 7.75. The van der Waals surface area contributed by atoms with Crippen LogP contribution in [0.2, 0.25) is 5.02 Å². The van der Waals surface area contributed by atoms with Crippen molar-refractivity contribution in [2.75, 3.05) is 24.5 Å². The molecule has 1 saturated heterocycles. The SMILES string of the molecule is Cc1ccc(S(=O)(=O)n2nc(N3CCN(C(=O)OC(C)(C)C)CC3C(F)(F)F)c3c(Cl)cccc32)cc1. The first-order valence-corrected chi connectivity index (χ1v) is 13.2. The molecule has 0 saturated carbocycles.